The summed E-state index contributed by atoms with van der Waals surface area (Å²) in [6.07, 6.45) is 26.3. The molecule has 2 atom stereocenters. The number of hydrogen-bond acceptors (Lipinski definition) is 3. The summed E-state index contributed by atoms with van der Waals surface area (Å²) in [5.74, 6) is -0.181. The van der Waals surface area contributed by atoms with Crippen molar-refractivity contribution in [3.63, 3.8) is 0 Å². The minimum absolute atomic E-state index is 0.181. The highest BCUT2D eigenvalue weighted by Gasteiger charge is 2.13. The van der Waals surface area contributed by atoms with Crippen molar-refractivity contribution in [2.45, 2.75) is 149 Å². The molecule has 3 nitrogen and oxygen atoms in total. The third-order valence-corrected chi connectivity index (χ3v) is 5.64. The number of unbranched alkanes of at least 4 members (excludes halogenated alkanes) is 15. The Kier molecular flexibility index (Phi) is 21.2. The van der Waals surface area contributed by atoms with E-state index in [2.05, 4.69) is 19.1 Å². The second-order valence-electron chi connectivity index (χ2n) is 8.68. The number of allylic oxidation sites excluding steroid dienone is 2. The molecule has 0 aromatic rings. The molecule has 0 bridgehead atoms. The molecule has 3 heteroatoms. The normalized spacial score (nSPS) is 13.7. The molecule has 0 aromatic heterocycles. The van der Waals surface area contributed by atoms with Crippen LogP contribution in [0.1, 0.15) is 136 Å². The minimum atomic E-state index is -0.597. The topological polar surface area (TPSA) is 46.5 Å². The Hall–Kier alpha value is -0.830. The highest BCUT2D eigenvalue weighted by Crippen LogP contribution is 2.13. The van der Waals surface area contributed by atoms with Gasteiger partial charge in [0.1, 0.15) is 6.10 Å². The van der Waals surface area contributed by atoms with Gasteiger partial charge in [0.15, 0.2) is 0 Å². The molecule has 0 saturated heterocycles. The van der Waals surface area contributed by atoms with Gasteiger partial charge in [0.05, 0.1) is 6.10 Å². The third kappa shape index (κ3) is 21.7. The summed E-state index contributed by atoms with van der Waals surface area (Å²) in [5.41, 5.74) is 0. The van der Waals surface area contributed by atoms with Gasteiger partial charge in [-0.3, -0.25) is 4.79 Å². The molecule has 0 saturated carbocycles. The maximum atomic E-state index is 11.6. The van der Waals surface area contributed by atoms with Crippen LogP contribution in [0.5, 0.6) is 0 Å². The predicted octanol–water partition coefficient (Wildman–Crippen LogP) is 7.90. The fourth-order valence-corrected chi connectivity index (χ4v) is 3.41. The van der Waals surface area contributed by atoms with Gasteiger partial charge in [0.25, 0.3) is 0 Å². The third-order valence-electron chi connectivity index (χ3n) is 5.64. The lowest BCUT2D eigenvalue weighted by molar-refractivity contribution is -0.153. The maximum Gasteiger partial charge on any atom is 0.306 e. The van der Waals surface area contributed by atoms with E-state index in [9.17, 15) is 9.90 Å². The van der Waals surface area contributed by atoms with Crippen LogP contribution in [-0.2, 0) is 9.53 Å². The van der Waals surface area contributed by atoms with Crippen LogP contribution in [-0.4, -0.2) is 23.3 Å². The molecule has 0 aliphatic carbocycles. The monoisotopic (exact) mass is 410 g/mol. The van der Waals surface area contributed by atoms with Crippen molar-refractivity contribution in [2.75, 3.05) is 0 Å². The van der Waals surface area contributed by atoms with E-state index in [4.69, 9.17) is 4.74 Å². The van der Waals surface area contributed by atoms with Gasteiger partial charge in [-0.1, -0.05) is 96.1 Å². The number of hydrogen-bond donors (Lipinski definition) is 1. The molecule has 0 spiro atoms. The fraction of sp³-hybridized carbons (Fsp3) is 0.885. The molecule has 0 amide bonds. The van der Waals surface area contributed by atoms with Crippen LogP contribution < -0.4 is 0 Å². The number of aliphatic hydroxyl groups excluding tert-OH is 1. The predicted molar refractivity (Wildman–Crippen MR) is 125 cm³/mol. The molecule has 0 aromatic carbocycles. The summed E-state index contributed by atoms with van der Waals surface area (Å²) in [6, 6.07) is 0. The molecule has 1 N–H and O–H groups in total. The van der Waals surface area contributed by atoms with E-state index in [1.807, 2.05) is 0 Å². The zero-order valence-electron chi connectivity index (χ0n) is 19.8. The molecule has 0 rings (SSSR count). The second-order valence-corrected chi connectivity index (χ2v) is 8.68. The summed E-state index contributed by atoms with van der Waals surface area (Å²) in [7, 11) is 0. The standard InChI is InChI=1S/C26H50O3/c1-4-5-6-7-8-9-10-11-12-13-14-15-16-17-18-19-20-21-22-23-26(28)29-25(3)24(2)27/h11-12,24-25,27H,4-10,13-23H2,1-3H3/b12-11-. The second kappa shape index (κ2) is 21.9. The van der Waals surface area contributed by atoms with Gasteiger partial charge < -0.3 is 9.84 Å². The number of aliphatic hydroxyl groups is 1. The van der Waals surface area contributed by atoms with Crippen molar-refractivity contribution in [1.29, 1.82) is 0 Å². The summed E-state index contributed by atoms with van der Waals surface area (Å²) in [6.45, 7) is 5.65. The van der Waals surface area contributed by atoms with Gasteiger partial charge in [-0.15, -0.1) is 0 Å². The average Bonchev–Trinajstić information content (AvgIpc) is 2.69. The maximum absolute atomic E-state index is 11.6. The van der Waals surface area contributed by atoms with E-state index in [0.717, 1.165) is 12.8 Å². The highest BCUT2D eigenvalue weighted by atomic mass is 16.6. The Morgan fingerprint density at radius 2 is 1.14 bits per heavy atom. The number of carbonyl (C=O) groups excluding carboxylic acids is 1. The Morgan fingerprint density at radius 1 is 0.724 bits per heavy atom. The van der Waals surface area contributed by atoms with Gasteiger partial charge in [-0.25, -0.2) is 0 Å². The van der Waals surface area contributed by atoms with Crippen LogP contribution in [0.3, 0.4) is 0 Å². The molecule has 0 aliphatic rings. The van der Waals surface area contributed by atoms with Gasteiger partial charge >= 0.3 is 5.97 Å². The van der Waals surface area contributed by atoms with Crippen LogP contribution in [0, 0.1) is 0 Å². The Bertz CT molecular complexity index is 376. The summed E-state index contributed by atoms with van der Waals surface area (Å²) in [5, 5.41) is 9.32. The molecular formula is C26H50O3. The first-order valence-corrected chi connectivity index (χ1v) is 12.6. The van der Waals surface area contributed by atoms with Crippen molar-refractivity contribution in [1.82, 2.24) is 0 Å². The summed E-state index contributed by atoms with van der Waals surface area (Å²) >= 11 is 0. The SMILES string of the molecule is CCCCCCCC/C=C\CCCCCCCCCCCC(=O)OC(C)C(C)O. The number of esters is 1. The van der Waals surface area contributed by atoms with Crippen molar-refractivity contribution < 1.29 is 14.6 Å². The van der Waals surface area contributed by atoms with E-state index in [-0.39, 0.29) is 5.97 Å². The number of carbonyl (C=O) groups is 1. The molecule has 172 valence electrons. The van der Waals surface area contributed by atoms with Gasteiger partial charge in [-0.05, 0) is 46.0 Å². The Labute approximate surface area is 181 Å². The first-order chi connectivity index (χ1) is 14.1. The Morgan fingerprint density at radius 3 is 1.59 bits per heavy atom. The molecule has 0 fully saturated rings. The zero-order valence-corrected chi connectivity index (χ0v) is 19.8. The Balaban J connectivity index is 3.22. The van der Waals surface area contributed by atoms with Gasteiger partial charge in [-0.2, -0.15) is 0 Å². The lowest BCUT2D eigenvalue weighted by atomic mass is 10.1. The zero-order chi connectivity index (χ0) is 21.6. The molecule has 0 heterocycles. The van der Waals surface area contributed by atoms with Crippen LogP contribution in [0.25, 0.3) is 0 Å². The number of ether oxygens (including phenoxy) is 1. The average molecular weight is 411 g/mol. The fourth-order valence-electron chi connectivity index (χ4n) is 3.41. The van der Waals surface area contributed by atoms with Crippen molar-refractivity contribution in [3.8, 4) is 0 Å². The first kappa shape index (κ1) is 28.2. The number of rotatable bonds is 21. The smallest absolute Gasteiger partial charge is 0.306 e. The molecular weight excluding hydrogens is 360 g/mol. The van der Waals surface area contributed by atoms with Crippen LogP contribution in [0.2, 0.25) is 0 Å². The van der Waals surface area contributed by atoms with E-state index < -0.39 is 12.2 Å². The van der Waals surface area contributed by atoms with Crippen LogP contribution in [0.4, 0.5) is 0 Å². The van der Waals surface area contributed by atoms with Crippen molar-refractivity contribution in [3.05, 3.63) is 12.2 Å². The molecule has 29 heavy (non-hydrogen) atoms. The molecule has 0 aliphatic heterocycles. The lowest BCUT2D eigenvalue weighted by Crippen LogP contribution is -2.25. The van der Waals surface area contributed by atoms with E-state index in [1.165, 1.54) is 96.3 Å². The minimum Gasteiger partial charge on any atom is -0.460 e. The molecule has 0 radical (unpaired) electrons. The van der Waals surface area contributed by atoms with Crippen LogP contribution >= 0.6 is 0 Å². The lowest BCUT2D eigenvalue weighted by Gasteiger charge is -2.15. The van der Waals surface area contributed by atoms with E-state index >= 15 is 0 Å². The summed E-state index contributed by atoms with van der Waals surface area (Å²) in [4.78, 5) is 11.6. The highest BCUT2D eigenvalue weighted by molar-refractivity contribution is 5.69. The van der Waals surface area contributed by atoms with Gasteiger partial charge in [0.2, 0.25) is 0 Å². The van der Waals surface area contributed by atoms with E-state index in [0.29, 0.717) is 6.42 Å². The van der Waals surface area contributed by atoms with E-state index in [1.54, 1.807) is 13.8 Å². The van der Waals surface area contributed by atoms with Crippen molar-refractivity contribution >= 4 is 5.97 Å². The first-order valence-electron chi connectivity index (χ1n) is 12.6. The van der Waals surface area contributed by atoms with Gasteiger partial charge in [0, 0.05) is 6.42 Å². The quantitative estimate of drug-likeness (QED) is 0.119. The van der Waals surface area contributed by atoms with Crippen molar-refractivity contribution in [2.24, 2.45) is 0 Å². The van der Waals surface area contributed by atoms with Crippen LogP contribution in [0.15, 0.2) is 12.2 Å². The summed E-state index contributed by atoms with van der Waals surface area (Å²) < 4.78 is 5.16. The molecule has 2 unspecified atom stereocenters. The largest absolute Gasteiger partial charge is 0.460 e.